The zero-order valence-corrected chi connectivity index (χ0v) is 10.6. The lowest BCUT2D eigenvalue weighted by Gasteiger charge is -2.04. The molecule has 0 fully saturated rings. The first-order valence-electron chi connectivity index (χ1n) is 5.79. The summed E-state index contributed by atoms with van der Waals surface area (Å²) >= 11 is 0. The van der Waals surface area contributed by atoms with Crippen molar-refractivity contribution in [3.05, 3.63) is 46.8 Å². The molecule has 2 aromatic rings. The summed E-state index contributed by atoms with van der Waals surface area (Å²) in [7, 11) is 1.91. The maximum absolute atomic E-state index is 4.11. The number of hydrogen-bond acceptors (Lipinski definition) is 3. The van der Waals surface area contributed by atoms with Crippen molar-refractivity contribution >= 4 is 0 Å². The second kappa shape index (κ2) is 5.10. The molecule has 0 aliphatic carbocycles. The molecule has 0 saturated heterocycles. The summed E-state index contributed by atoms with van der Waals surface area (Å²) in [6.07, 6.45) is 1.98. The fourth-order valence-corrected chi connectivity index (χ4v) is 1.77. The summed E-state index contributed by atoms with van der Waals surface area (Å²) in [5, 5.41) is 11.3. The van der Waals surface area contributed by atoms with Gasteiger partial charge in [-0.05, 0) is 37.6 Å². The van der Waals surface area contributed by atoms with Crippen molar-refractivity contribution in [2.75, 3.05) is 7.05 Å². The molecule has 0 spiro atoms. The summed E-state index contributed by atoms with van der Waals surface area (Å²) in [5.74, 6) is 0. The Morgan fingerprint density at radius 3 is 2.76 bits per heavy atom. The Balaban J connectivity index is 2.11. The van der Waals surface area contributed by atoms with Crippen LogP contribution < -0.4 is 5.32 Å². The van der Waals surface area contributed by atoms with E-state index in [4.69, 9.17) is 0 Å². The molecular formula is C13H18N4. The Bertz CT molecular complexity index is 502. The van der Waals surface area contributed by atoms with Crippen LogP contribution in [0.4, 0.5) is 0 Å². The van der Waals surface area contributed by atoms with Crippen LogP contribution >= 0.6 is 0 Å². The van der Waals surface area contributed by atoms with Crippen molar-refractivity contribution in [2.24, 2.45) is 0 Å². The van der Waals surface area contributed by atoms with Crippen molar-refractivity contribution in [3.63, 3.8) is 0 Å². The molecule has 0 atom stereocenters. The molecule has 0 aliphatic heterocycles. The Hall–Kier alpha value is -1.68. The van der Waals surface area contributed by atoms with Crippen LogP contribution in [0.1, 0.15) is 22.4 Å². The number of benzene rings is 1. The lowest BCUT2D eigenvalue weighted by atomic mass is 10.1. The minimum Gasteiger partial charge on any atom is -0.314 e. The van der Waals surface area contributed by atoms with Gasteiger partial charge in [0.2, 0.25) is 0 Å². The summed E-state index contributed by atoms with van der Waals surface area (Å²) < 4.78 is 1.87. The number of hydrogen-bond donors (Lipinski definition) is 1. The van der Waals surface area contributed by atoms with E-state index in [1.807, 2.05) is 17.9 Å². The highest BCUT2D eigenvalue weighted by Gasteiger charge is 2.01. The SMILES string of the molecule is CNCc1cn(Cc2ccc(C)c(C)c2)nn1. The first-order valence-corrected chi connectivity index (χ1v) is 5.79. The summed E-state index contributed by atoms with van der Waals surface area (Å²) in [5.41, 5.74) is 4.87. The minimum absolute atomic E-state index is 0.757. The molecule has 90 valence electrons. The van der Waals surface area contributed by atoms with Crippen LogP contribution in [-0.2, 0) is 13.1 Å². The van der Waals surface area contributed by atoms with Crippen LogP contribution in [0.25, 0.3) is 0 Å². The normalized spacial score (nSPS) is 10.8. The van der Waals surface area contributed by atoms with Gasteiger partial charge >= 0.3 is 0 Å². The number of aromatic nitrogens is 3. The van der Waals surface area contributed by atoms with Crippen LogP contribution in [0, 0.1) is 13.8 Å². The molecule has 0 unspecified atom stereocenters. The maximum Gasteiger partial charge on any atom is 0.0964 e. The van der Waals surface area contributed by atoms with E-state index in [2.05, 4.69) is 47.7 Å². The predicted octanol–water partition coefficient (Wildman–Crippen LogP) is 1.66. The van der Waals surface area contributed by atoms with E-state index in [0.29, 0.717) is 0 Å². The van der Waals surface area contributed by atoms with E-state index in [-0.39, 0.29) is 0 Å². The third-order valence-electron chi connectivity index (χ3n) is 2.86. The van der Waals surface area contributed by atoms with Gasteiger partial charge in [0.25, 0.3) is 0 Å². The minimum atomic E-state index is 0.757. The molecule has 1 aromatic carbocycles. The summed E-state index contributed by atoms with van der Waals surface area (Å²) in [6.45, 7) is 5.79. The van der Waals surface area contributed by atoms with E-state index < -0.39 is 0 Å². The van der Waals surface area contributed by atoms with Crippen LogP contribution in [0.5, 0.6) is 0 Å². The van der Waals surface area contributed by atoms with Gasteiger partial charge in [-0.1, -0.05) is 23.4 Å². The number of nitrogens with zero attached hydrogens (tertiary/aromatic N) is 3. The number of nitrogens with one attached hydrogen (secondary N) is 1. The van der Waals surface area contributed by atoms with Gasteiger partial charge in [-0.2, -0.15) is 0 Å². The maximum atomic E-state index is 4.11. The van der Waals surface area contributed by atoms with Crippen LogP contribution in [0.2, 0.25) is 0 Å². The average molecular weight is 230 g/mol. The average Bonchev–Trinajstić information content (AvgIpc) is 2.72. The monoisotopic (exact) mass is 230 g/mol. The first kappa shape index (κ1) is 11.8. The lowest BCUT2D eigenvalue weighted by molar-refractivity contribution is 0.648. The van der Waals surface area contributed by atoms with Gasteiger partial charge < -0.3 is 5.32 Å². The van der Waals surface area contributed by atoms with Gasteiger partial charge in [0.05, 0.1) is 18.4 Å². The van der Waals surface area contributed by atoms with E-state index in [1.165, 1.54) is 16.7 Å². The molecule has 0 radical (unpaired) electrons. The van der Waals surface area contributed by atoms with Gasteiger partial charge in [-0.3, -0.25) is 0 Å². The summed E-state index contributed by atoms with van der Waals surface area (Å²) in [6, 6.07) is 6.49. The molecule has 0 aliphatic rings. The van der Waals surface area contributed by atoms with Crippen molar-refractivity contribution in [2.45, 2.75) is 26.9 Å². The van der Waals surface area contributed by atoms with E-state index in [0.717, 1.165) is 18.8 Å². The molecule has 17 heavy (non-hydrogen) atoms. The fourth-order valence-electron chi connectivity index (χ4n) is 1.77. The van der Waals surface area contributed by atoms with E-state index in [1.54, 1.807) is 0 Å². The Labute approximate surface area is 102 Å². The Morgan fingerprint density at radius 1 is 1.24 bits per heavy atom. The quantitative estimate of drug-likeness (QED) is 0.868. The Kier molecular flexibility index (Phi) is 3.54. The summed E-state index contributed by atoms with van der Waals surface area (Å²) in [4.78, 5) is 0. The molecule has 1 aromatic heterocycles. The highest BCUT2D eigenvalue weighted by molar-refractivity contribution is 5.29. The highest BCUT2D eigenvalue weighted by Crippen LogP contribution is 2.10. The van der Waals surface area contributed by atoms with E-state index in [9.17, 15) is 0 Å². The molecule has 0 bridgehead atoms. The fraction of sp³-hybridized carbons (Fsp3) is 0.385. The molecule has 0 saturated carbocycles. The number of rotatable bonds is 4. The zero-order valence-electron chi connectivity index (χ0n) is 10.6. The molecule has 0 amide bonds. The molecule has 4 heteroatoms. The van der Waals surface area contributed by atoms with Crippen molar-refractivity contribution in [1.82, 2.24) is 20.3 Å². The molecule has 2 rings (SSSR count). The van der Waals surface area contributed by atoms with Crippen LogP contribution in [0.15, 0.2) is 24.4 Å². The van der Waals surface area contributed by atoms with Crippen molar-refractivity contribution < 1.29 is 0 Å². The van der Waals surface area contributed by atoms with E-state index >= 15 is 0 Å². The van der Waals surface area contributed by atoms with Gasteiger partial charge in [0.1, 0.15) is 0 Å². The third-order valence-corrected chi connectivity index (χ3v) is 2.86. The van der Waals surface area contributed by atoms with Crippen LogP contribution in [0.3, 0.4) is 0 Å². The molecular weight excluding hydrogens is 212 g/mol. The largest absolute Gasteiger partial charge is 0.314 e. The third kappa shape index (κ3) is 2.91. The van der Waals surface area contributed by atoms with Crippen LogP contribution in [-0.4, -0.2) is 22.0 Å². The van der Waals surface area contributed by atoms with Crippen molar-refractivity contribution in [1.29, 1.82) is 0 Å². The highest BCUT2D eigenvalue weighted by atomic mass is 15.4. The predicted molar refractivity (Wildman–Crippen MR) is 67.8 cm³/mol. The van der Waals surface area contributed by atoms with Gasteiger partial charge in [-0.25, -0.2) is 4.68 Å². The van der Waals surface area contributed by atoms with Gasteiger partial charge in [0.15, 0.2) is 0 Å². The first-order chi connectivity index (χ1) is 8.19. The van der Waals surface area contributed by atoms with Crippen molar-refractivity contribution in [3.8, 4) is 0 Å². The second-order valence-electron chi connectivity index (χ2n) is 4.36. The zero-order chi connectivity index (χ0) is 12.3. The van der Waals surface area contributed by atoms with Gasteiger partial charge in [-0.15, -0.1) is 5.10 Å². The number of aryl methyl sites for hydroxylation is 2. The smallest absolute Gasteiger partial charge is 0.0964 e. The lowest BCUT2D eigenvalue weighted by Crippen LogP contribution is -2.05. The second-order valence-corrected chi connectivity index (χ2v) is 4.36. The standard InChI is InChI=1S/C13H18N4/c1-10-4-5-12(6-11(10)2)8-17-9-13(7-14-3)15-16-17/h4-6,9,14H,7-8H2,1-3H3. The molecule has 1 N–H and O–H groups in total. The van der Waals surface area contributed by atoms with Gasteiger partial charge in [0, 0.05) is 6.54 Å². The molecule has 1 heterocycles. The Morgan fingerprint density at radius 2 is 2.06 bits per heavy atom. The topological polar surface area (TPSA) is 42.7 Å². The molecule has 4 nitrogen and oxygen atoms in total.